The Bertz CT molecular complexity index is 610. The monoisotopic (exact) mass is 253 g/mol. The van der Waals surface area contributed by atoms with Crippen molar-refractivity contribution in [2.45, 2.75) is 44.7 Å². The fraction of sp³-hybridized carbons (Fsp3) is 0.438. The van der Waals surface area contributed by atoms with Crippen LogP contribution < -0.4 is 5.32 Å². The molecular weight excluding hydrogens is 234 g/mol. The second kappa shape index (κ2) is 4.20. The zero-order chi connectivity index (χ0) is 12.8. The van der Waals surface area contributed by atoms with Crippen molar-refractivity contribution in [3.05, 3.63) is 41.3 Å². The van der Waals surface area contributed by atoms with Gasteiger partial charge in [0, 0.05) is 17.3 Å². The molecule has 0 radical (unpaired) electrons. The molecule has 1 fully saturated rings. The van der Waals surface area contributed by atoms with E-state index in [1.807, 2.05) is 0 Å². The maximum absolute atomic E-state index is 4.81. The van der Waals surface area contributed by atoms with Gasteiger partial charge in [-0.25, -0.2) is 4.98 Å². The number of imidazole rings is 1. The van der Waals surface area contributed by atoms with E-state index < -0.39 is 0 Å². The predicted octanol–water partition coefficient (Wildman–Crippen LogP) is 2.99. The molecule has 1 aromatic carbocycles. The van der Waals surface area contributed by atoms with E-state index in [2.05, 4.69) is 41.5 Å². The topological polar surface area (TPSA) is 40.7 Å². The molecule has 1 aromatic heterocycles. The van der Waals surface area contributed by atoms with Crippen molar-refractivity contribution < 1.29 is 0 Å². The number of benzene rings is 1. The van der Waals surface area contributed by atoms with Crippen LogP contribution in [0.15, 0.2) is 24.3 Å². The van der Waals surface area contributed by atoms with Gasteiger partial charge in [-0.3, -0.25) is 0 Å². The summed E-state index contributed by atoms with van der Waals surface area (Å²) < 4.78 is 0. The number of hydrogen-bond donors (Lipinski definition) is 2. The van der Waals surface area contributed by atoms with Crippen LogP contribution >= 0.6 is 0 Å². The first-order chi connectivity index (χ1) is 9.31. The maximum Gasteiger partial charge on any atom is 0.121 e. The molecule has 1 atom stereocenters. The summed E-state index contributed by atoms with van der Waals surface area (Å²) in [6, 6.07) is 9.40. The van der Waals surface area contributed by atoms with E-state index in [1.54, 1.807) is 0 Å². The molecule has 3 heteroatoms. The number of hydrogen-bond acceptors (Lipinski definition) is 2. The van der Waals surface area contributed by atoms with Crippen LogP contribution in [0.2, 0.25) is 0 Å². The molecule has 98 valence electrons. The minimum Gasteiger partial charge on any atom is -0.344 e. The van der Waals surface area contributed by atoms with Crippen molar-refractivity contribution in [1.82, 2.24) is 15.3 Å². The van der Waals surface area contributed by atoms with E-state index in [-0.39, 0.29) is 0 Å². The summed E-state index contributed by atoms with van der Waals surface area (Å²) in [5.41, 5.74) is 5.22. The van der Waals surface area contributed by atoms with Crippen LogP contribution in [-0.4, -0.2) is 16.0 Å². The van der Waals surface area contributed by atoms with Gasteiger partial charge in [0.15, 0.2) is 0 Å². The minimum absolute atomic E-state index is 0.577. The highest BCUT2D eigenvalue weighted by molar-refractivity contribution is 5.69. The van der Waals surface area contributed by atoms with Crippen molar-refractivity contribution >= 4 is 0 Å². The average molecular weight is 253 g/mol. The summed E-state index contributed by atoms with van der Waals surface area (Å²) in [6.45, 7) is 3.17. The van der Waals surface area contributed by atoms with Gasteiger partial charge in [-0.05, 0) is 30.7 Å². The quantitative estimate of drug-likeness (QED) is 0.883. The Morgan fingerprint density at radius 2 is 2.16 bits per heavy atom. The number of nitrogens with zero attached hydrogens (tertiary/aromatic N) is 1. The normalized spacial score (nSPS) is 21.0. The average Bonchev–Trinajstić information content (AvgIpc) is 3.17. The molecule has 1 unspecified atom stereocenters. The molecule has 0 amide bonds. The molecule has 0 spiro atoms. The van der Waals surface area contributed by atoms with Crippen LogP contribution in [0.1, 0.15) is 42.8 Å². The molecule has 0 aliphatic heterocycles. The van der Waals surface area contributed by atoms with E-state index in [0.29, 0.717) is 5.92 Å². The molecule has 3 nitrogen and oxygen atoms in total. The number of rotatable bonds is 3. The van der Waals surface area contributed by atoms with Gasteiger partial charge in [0.25, 0.3) is 0 Å². The SMILES string of the molecule is CC1Cc2[nH]c(CNC3CC3)nc2-c2ccccc21. The Labute approximate surface area is 113 Å². The van der Waals surface area contributed by atoms with Gasteiger partial charge in [-0.1, -0.05) is 31.2 Å². The summed E-state index contributed by atoms with van der Waals surface area (Å²) in [5, 5.41) is 3.52. The van der Waals surface area contributed by atoms with Gasteiger partial charge in [-0.15, -0.1) is 0 Å². The third-order valence-electron chi connectivity index (χ3n) is 4.22. The second-order valence-corrected chi connectivity index (χ2v) is 5.86. The van der Waals surface area contributed by atoms with Crippen LogP contribution in [0.5, 0.6) is 0 Å². The molecule has 0 bridgehead atoms. The Balaban J connectivity index is 1.69. The highest BCUT2D eigenvalue weighted by Crippen LogP contribution is 2.37. The van der Waals surface area contributed by atoms with Gasteiger partial charge in [0.2, 0.25) is 0 Å². The highest BCUT2D eigenvalue weighted by Gasteiger charge is 2.25. The molecule has 0 saturated heterocycles. The Morgan fingerprint density at radius 1 is 1.32 bits per heavy atom. The summed E-state index contributed by atoms with van der Waals surface area (Å²) in [5.74, 6) is 1.66. The minimum atomic E-state index is 0.577. The van der Waals surface area contributed by atoms with Crippen LogP contribution in [0.4, 0.5) is 0 Å². The fourth-order valence-corrected chi connectivity index (χ4v) is 3.00. The van der Waals surface area contributed by atoms with Gasteiger partial charge in [0.05, 0.1) is 12.2 Å². The summed E-state index contributed by atoms with van der Waals surface area (Å²) in [7, 11) is 0. The van der Waals surface area contributed by atoms with E-state index in [0.717, 1.165) is 24.8 Å². The van der Waals surface area contributed by atoms with Crippen molar-refractivity contribution in [3.8, 4) is 11.3 Å². The lowest BCUT2D eigenvalue weighted by atomic mass is 9.85. The van der Waals surface area contributed by atoms with Gasteiger partial charge in [-0.2, -0.15) is 0 Å². The Morgan fingerprint density at radius 3 is 3.00 bits per heavy atom. The molecular formula is C16H19N3. The zero-order valence-corrected chi connectivity index (χ0v) is 11.2. The lowest BCUT2D eigenvalue weighted by Crippen LogP contribution is -2.16. The molecule has 19 heavy (non-hydrogen) atoms. The fourth-order valence-electron chi connectivity index (χ4n) is 3.00. The smallest absolute Gasteiger partial charge is 0.121 e. The number of H-pyrrole nitrogens is 1. The first kappa shape index (κ1) is 11.2. The highest BCUT2D eigenvalue weighted by atomic mass is 15.0. The van der Waals surface area contributed by atoms with Gasteiger partial charge in [0.1, 0.15) is 5.82 Å². The van der Waals surface area contributed by atoms with Crippen molar-refractivity contribution in [2.24, 2.45) is 0 Å². The van der Waals surface area contributed by atoms with E-state index in [1.165, 1.54) is 35.4 Å². The lowest BCUT2D eigenvalue weighted by Gasteiger charge is -2.21. The zero-order valence-electron chi connectivity index (χ0n) is 11.2. The number of fused-ring (bicyclic) bond motifs is 3. The standard InChI is InChI=1S/C16H19N3/c1-10-8-14-16(13-5-3-2-4-12(10)13)19-15(18-14)9-17-11-6-7-11/h2-5,10-11,17H,6-9H2,1H3,(H,18,19). The van der Waals surface area contributed by atoms with Crippen molar-refractivity contribution in [1.29, 1.82) is 0 Å². The maximum atomic E-state index is 4.81. The van der Waals surface area contributed by atoms with Crippen molar-refractivity contribution in [2.75, 3.05) is 0 Å². The van der Waals surface area contributed by atoms with Crippen LogP contribution in [0, 0.1) is 0 Å². The van der Waals surface area contributed by atoms with Crippen molar-refractivity contribution in [3.63, 3.8) is 0 Å². The van der Waals surface area contributed by atoms with E-state index in [4.69, 9.17) is 4.98 Å². The number of aromatic nitrogens is 2. The van der Waals surface area contributed by atoms with Gasteiger partial charge < -0.3 is 10.3 Å². The number of aromatic amines is 1. The molecule has 2 aliphatic rings. The van der Waals surface area contributed by atoms with Crippen LogP contribution in [0.3, 0.4) is 0 Å². The Hall–Kier alpha value is -1.61. The van der Waals surface area contributed by atoms with Gasteiger partial charge >= 0.3 is 0 Å². The first-order valence-electron chi connectivity index (χ1n) is 7.21. The third-order valence-corrected chi connectivity index (χ3v) is 4.22. The first-order valence-corrected chi connectivity index (χ1v) is 7.21. The summed E-state index contributed by atoms with van der Waals surface area (Å²) in [4.78, 5) is 8.32. The van der Waals surface area contributed by atoms with E-state index in [9.17, 15) is 0 Å². The molecule has 2 aromatic rings. The lowest BCUT2D eigenvalue weighted by molar-refractivity contribution is 0.661. The molecule has 2 aliphatic carbocycles. The van der Waals surface area contributed by atoms with E-state index >= 15 is 0 Å². The molecule has 4 rings (SSSR count). The van der Waals surface area contributed by atoms with Crippen LogP contribution in [0.25, 0.3) is 11.3 Å². The second-order valence-electron chi connectivity index (χ2n) is 5.86. The summed E-state index contributed by atoms with van der Waals surface area (Å²) in [6.07, 6.45) is 3.71. The van der Waals surface area contributed by atoms with Crippen LogP contribution in [-0.2, 0) is 13.0 Å². The largest absolute Gasteiger partial charge is 0.344 e. The molecule has 2 N–H and O–H groups in total. The predicted molar refractivity (Wildman–Crippen MR) is 76.0 cm³/mol. The Kier molecular flexibility index (Phi) is 2.49. The molecule has 1 heterocycles. The molecule has 1 saturated carbocycles. The third kappa shape index (κ3) is 1.98. The number of nitrogens with one attached hydrogen (secondary N) is 2. The summed E-state index contributed by atoms with van der Waals surface area (Å²) >= 11 is 0.